The van der Waals surface area contributed by atoms with Crippen molar-refractivity contribution in [1.82, 2.24) is 4.90 Å². The average molecular weight is 342 g/mol. The molecule has 1 saturated heterocycles. The Balaban J connectivity index is 2.27. The summed E-state index contributed by atoms with van der Waals surface area (Å²) in [5.74, 6) is -0.606. The number of hydrogen-bond donors (Lipinski definition) is 1. The summed E-state index contributed by atoms with van der Waals surface area (Å²) in [4.78, 5) is 25.2. The fraction of sp³-hybridized carbons (Fsp3) is 0.429. The van der Waals surface area contributed by atoms with Crippen molar-refractivity contribution < 1.29 is 19.4 Å². The van der Waals surface area contributed by atoms with Crippen LogP contribution < -0.4 is 4.74 Å². The minimum Gasteiger partial charge on any atom is -0.496 e. The van der Waals surface area contributed by atoms with Crippen molar-refractivity contribution in [3.63, 3.8) is 0 Å². The molecule has 0 saturated carbocycles. The first-order valence-electron chi connectivity index (χ1n) is 6.33. The third-order valence-electron chi connectivity index (χ3n) is 3.61. The molecule has 1 heterocycles. The van der Waals surface area contributed by atoms with Crippen molar-refractivity contribution in [3.05, 3.63) is 28.2 Å². The van der Waals surface area contributed by atoms with Gasteiger partial charge in [-0.05, 0) is 46.5 Å². The molecule has 20 heavy (non-hydrogen) atoms. The van der Waals surface area contributed by atoms with Gasteiger partial charge in [0.1, 0.15) is 11.8 Å². The third-order valence-corrected chi connectivity index (χ3v) is 4.23. The van der Waals surface area contributed by atoms with Gasteiger partial charge in [-0.2, -0.15) is 0 Å². The van der Waals surface area contributed by atoms with Gasteiger partial charge in [0.05, 0.1) is 11.6 Å². The lowest BCUT2D eigenvalue weighted by molar-refractivity contribution is -0.142. The molecule has 2 atom stereocenters. The summed E-state index contributed by atoms with van der Waals surface area (Å²) >= 11 is 3.33. The van der Waals surface area contributed by atoms with Gasteiger partial charge in [-0.15, -0.1) is 0 Å². The Labute approximate surface area is 125 Å². The zero-order valence-electron chi connectivity index (χ0n) is 11.3. The molecule has 2 unspecified atom stereocenters. The fourth-order valence-corrected chi connectivity index (χ4v) is 3.06. The number of nitrogens with zero attached hydrogens (tertiary/aromatic N) is 1. The standard InChI is InChI=1S/C14H16BrNO4/c1-8-5-6-16(12(8)14(18)19)13(17)9-3-4-11(20-2)10(15)7-9/h3-4,7-8,12H,5-6H2,1-2H3,(H,18,19). The number of hydrogen-bond acceptors (Lipinski definition) is 3. The summed E-state index contributed by atoms with van der Waals surface area (Å²) in [6.07, 6.45) is 0.708. The first-order chi connectivity index (χ1) is 9.45. The number of carbonyl (C=O) groups is 2. The van der Waals surface area contributed by atoms with Gasteiger partial charge in [0.15, 0.2) is 0 Å². The van der Waals surface area contributed by atoms with Gasteiger partial charge in [0.25, 0.3) is 5.91 Å². The molecule has 5 nitrogen and oxygen atoms in total. The van der Waals surface area contributed by atoms with Crippen LogP contribution >= 0.6 is 15.9 Å². The van der Waals surface area contributed by atoms with Crippen molar-refractivity contribution in [2.45, 2.75) is 19.4 Å². The van der Waals surface area contributed by atoms with E-state index in [1.807, 2.05) is 6.92 Å². The second-order valence-corrected chi connectivity index (χ2v) is 5.75. The van der Waals surface area contributed by atoms with Crippen LogP contribution in [0.4, 0.5) is 0 Å². The number of carboxylic acids is 1. The van der Waals surface area contributed by atoms with Crippen LogP contribution in [0.15, 0.2) is 22.7 Å². The second kappa shape index (κ2) is 5.83. The fourth-order valence-electron chi connectivity index (χ4n) is 2.52. The normalized spacial score (nSPS) is 21.9. The third kappa shape index (κ3) is 2.65. The topological polar surface area (TPSA) is 66.8 Å². The number of carboxylic acid groups (broad SMARTS) is 1. The summed E-state index contributed by atoms with van der Waals surface area (Å²) in [5, 5.41) is 9.26. The maximum absolute atomic E-state index is 12.5. The Bertz CT molecular complexity index is 546. The lowest BCUT2D eigenvalue weighted by Crippen LogP contribution is -2.42. The summed E-state index contributed by atoms with van der Waals surface area (Å²) in [6, 6.07) is 4.24. The zero-order chi connectivity index (χ0) is 14.9. The molecule has 0 aliphatic carbocycles. The number of amides is 1. The highest BCUT2D eigenvalue weighted by Gasteiger charge is 2.39. The Morgan fingerprint density at radius 3 is 2.70 bits per heavy atom. The van der Waals surface area contributed by atoms with Gasteiger partial charge < -0.3 is 14.7 Å². The molecule has 0 bridgehead atoms. The van der Waals surface area contributed by atoms with Crippen LogP contribution in [-0.4, -0.2) is 41.6 Å². The molecule has 6 heteroatoms. The van der Waals surface area contributed by atoms with E-state index in [9.17, 15) is 14.7 Å². The van der Waals surface area contributed by atoms with E-state index in [-0.39, 0.29) is 11.8 Å². The average Bonchev–Trinajstić information content (AvgIpc) is 2.79. The number of carbonyl (C=O) groups excluding carboxylic acids is 1. The SMILES string of the molecule is COc1ccc(C(=O)N2CCC(C)C2C(=O)O)cc1Br. The first-order valence-corrected chi connectivity index (χ1v) is 7.12. The van der Waals surface area contributed by atoms with Crippen molar-refractivity contribution in [2.75, 3.05) is 13.7 Å². The first kappa shape index (κ1) is 14.8. The van der Waals surface area contributed by atoms with Gasteiger partial charge in [-0.25, -0.2) is 4.79 Å². The van der Waals surface area contributed by atoms with E-state index in [1.165, 1.54) is 4.90 Å². The molecular weight excluding hydrogens is 326 g/mol. The zero-order valence-corrected chi connectivity index (χ0v) is 12.9. The maximum Gasteiger partial charge on any atom is 0.326 e. The van der Waals surface area contributed by atoms with Crippen LogP contribution in [0.25, 0.3) is 0 Å². The molecular formula is C14H16BrNO4. The summed E-state index contributed by atoms with van der Waals surface area (Å²) < 4.78 is 5.79. The molecule has 108 valence electrons. The van der Waals surface area contributed by atoms with Gasteiger partial charge in [0.2, 0.25) is 0 Å². The number of methoxy groups -OCH3 is 1. The minimum atomic E-state index is -0.948. The highest BCUT2D eigenvalue weighted by molar-refractivity contribution is 9.10. The molecule has 1 amide bonds. The van der Waals surface area contributed by atoms with E-state index in [2.05, 4.69) is 15.9 Å². The van der Waals surface area contributed by atoms with Gasteiger partial charge in [-0.3, -0.25) is 4.79 Å². The number of halogens is 1. The van der Waals surface area contributed by atoms with E-state index in [0.717, 1.165) is 0 Å². The molecule has 1 aromatic rings. The molecule has 2 rings (SSSR count). The van der Waals surface area contributed by atoms with Crippen LogP contribution in [-0.2, 0) is 4.79 Å². The molecule has 1 fully saturated rings. The van der Waals surface area contributed by atoms with Crippen molar-refractivity contribution >= 4 is 27.8 Å². The number of rotatable bonds is 3. The van der Waals surface area contributed by atoms with Gasteiger partial charge in [0, 0.05) is 12.1 Å². The van der Waals surface area contributed by atoms with E-state index in [0.29, 0.717) is 28.8 Å². The number of ether oxygens (including phenoxy) is 1. The highest BCUT2D eigenvalue weighted by atomic mass is 79.9. The molecule has 1 aliphatic rings. The summed E-state index contributed by atoms with van der Waals surface area (Å²) in [7, 11) is 1.55. The van der Waals surface area contributed by atoms with E-state index >= 15 is 0 Å². The minimum absolute atomic E-state index is 0.0295. The smallest absolute Gasteiger partial charge is 0.326 e. The van der Waals surface area contributed by atoms with E-state index in [4.69, 9.17) is 4.74 Å². The molecule has 0 aromatic heterocycles. The monoisotopic (exact) mass is 341 g/mol. The Kier molecular flexibility index (Phi) is 4.32. The van der Waals surface area contributed by atoms with Gasteiger partial charge in [-0.1, -0.05) is 6.92 Å². The number of aliphatic carboxylic acids is 1. The molecule has 0 radical (unpaired) electrons. The predicted octanol–water partition coefficient (Wildman–Crippen LogP) is 2.39. The molecule has 1 aliphatic heterocycles. The molecule has 0 spiro atoms. The molecule has 1 aromatic carbocycles. The summed E-state index contributed by atoms with van der Waals surface area (Å²) in [6.45, 7) is 2.33. The predicted molar refractivity (Wildman–Crippen MR) is 76.9 cm³/mol. The quantitative estimate of drug-likeness (QED) is 0.916. The van der Waals surface area contributed by atoms with Gasteiger partial charge >= 0.3 is 5.97 Å². The Hall–Kier alpha value is -1.56. The maximum atomic E-state index is 12.5. The number of likely N-dealkylation sites (tertiary alicyclic amines) is 1. The molecule has 1 N–H and O–H groups in total. The lowest BCUT2D eigenvalue weighted by Gasteiger charge is -2.23. The number of benzene rings is 1. The van der Waals surface area contributed by atoms with Crippen LogP contribution in [0.2, 0.25) is 0 Å². The van der Waals surface area contributed by atoms with Crippen LogP contribution in [0.1, 0.15) is 23.7 Å². The second-order valence-electron chi connectivity index (χ2n) is 4.90. The largest absolute Gasteiger partial charge is 0.496 e. The van der Waals surface area contributed by atoms with E-state index < -0.39 is 12.0 Å². The lowest BCUT2D eigenvalue weighted by atomic mass is 10.0. The van der Waals surface area contributed by atoms with Crippen LogP contribution in [0.3, 0.4) is 0 Å². The van der Waals surface area contributed by atoms with E-state index in [1.54, 1.807) is 25.3 Å². The van der Waals surface area contributed by atoms with Crippen LogP contribution in [0, 0.1) is 5.92 Å². The highest BCUT2D eigenvalue weighted by Crippen LogP contribution is 2.29. The van der Waals surface area contributed by atoms with Crippen molar-refractivity contribution in [1.29, 1.82) is 0 Å². The Morgan fingerprint density at radius 2 is 2.15 bits per heavy atom. The van der Waals surface area contributed by atoms with Crippen molar-refractivity contribution in [3.8, 4) is 5.75 Å². The summed E-state index contributed by atoms with van der Waals surface area (Å²) in [5.41, 5.74) is 0.457. The van der Waals surface area contributed by atoms with Crippen molar-refractivity contribution in [2.24, 2.45) is 5.92 Å². The van der Waals surface area contributed by atoms with Crippen LogP contribution in [0.5, 0.6) is 5.75 Å². The Morgan fingerprint density at radius 1 is 1.45 bits per heavy atom.